The van der Waals surface area contributed by atoms with Gasteiger partial charge < -0.3 is 11.1 Å². The minimum atomic E-state index is -4.36. The van der Waals surface area contributed by atoms with Gasteiger partial charge in [-0.2, -0.15) is 13.2 Å². The standard InChI is InChI=1S/C14H12F3N3O2/c15-14(16,17)10-3-1-9(2-4-10)8-19-11-5-6-13(20(21)22)12(18)7-11/h1-7,19H,8,18H2. The van der Waals surface area contributed by atoms with Crippen LogP contribution in [0, 0.1) is 10.1 Å². The zero-order valence-corrected chi connectivity index (χ0v) is 11.2. The first-order valence-corrected chi connectivity index (χ1v) is 6.21. The highest BCUT2D eigenvalue weighted by Gasteiger charge is 2.29. The molecule has 2 aromatic carbocycles. The lowest BCUT2D eigenvalue weighted by atomic mass is 10.1. The van der Waals surface area contributed by atoms with Crippen LogP contribution in [0.3, 0.4) is 0 Å². The minimum Gasteiger partial charge on any atom is -0.393 e. The molecule has 2 aromatic rings. The van der Waals surface area contributed by atoms with E-state index in [2.05, 4.69) is 5.32 Å². The second-order valence-electron chi connectivity index (χ2n) is 4.58. The Morgan fingerprint density at radius 2 is 1.77 bits per heavy atom. The Labute approximate surface area is 123 Å². The summed E-state index contributed by atoms with van der Waals surface area (Å²) < 4.78 is 37.3. The van der Waals surface area contributed by atoms with Gasteiger partial charge in [0.25, 0.3) is 5.69 Å². The quantitative estimate of drug-likeness (QED) is 0.511. The molecule has 0 unspecified atom stereocenters. The van der Waals surface area contributed by atoms with Crippen molar-refractivity contribution in [1.29, 1.82) is 0 Å². The fourth-order valence-corrected chi connectivity index (χ4v) is 1.85. The van der Waals surface area contributed by atoms with Crippen LogP contribution < -0.4 is 11.1 Å². The second-order valence-corrected chi connectivity index (χ2v) is 4.58. The van der Waals surface area contributed by atoms with Gasteiger partial charge in [0.1, 0.15) is 5.69 Å². The molecule has 0 bridgehead atoms. The molecule has 0 heterocycles. The van der Waals surface area contributed by atoms with Gasteiger partial charge in [-0.3, -0.25) is 10.1 Å². The largest absolute Gasteiger partial charge is 0.416 e. The van der Waals surface area contributed by atoms with Crippen LogP contribution in [0.4, 0.5) is 30.2 Å². The van der Waals surface area contributed by atoms with E-state index >= 15 is 0 Å². The van der Waals surface area contributed by atoms with Crippen molar-refractivity contribution in [3.8, 4) is 0 Å². The lowest BCUT2D eigenvalue weighted by Gasteiger charge is -2.10. The number of alkyl halides is 3. The van der Waals surface area contributed by atoms with Crippen LogP contribution in [0.2, 0.25) is 0 Å². The third kappa shape index (κ3) is 3.66. The summed E-state index contributed by atoms with van der Waals surface area (Å²) in [5.74, 6) is 0. The smallest absolute Gasteiger partial charge is 0.393 e. The lowest BCUT2D eigenvalue weighted by Crippen LogP contribution is -2.06. The van der Waals surface area contributed by atoms with Crippen LogP contribution in [0.25, 0.3) is 0 Å². The Morgan fingerprint density at radius 3 is 2.27 bits per heavy atom. The summed E-state index contributed by atoms with van der Waals surface area (Å²) in [6.07, 6.45) is -4.36. The van der Waals surface area contributed by atoms with Crippen molar-refractivity contribution in [1.82, 2.24) is 0 Å². The molecule has 2 rings (SSSR count). The van der Waals surface area contributed by atoms with E-state index in [-0.39, 0.29) is 17.9 Å². The molecule has 116 valence electrons. The SMILES string of the molecule is Nc1cc(NCc2ccc(C(F)(F)F)cc2)ccc1[N+](=O)[O-]. The molecule has 3 N–H and O–H groups in total. The van der Waals surface area contributed by atoms with Crippen molar-refractivity contribution in [3.63, 3.8) is 0 Å². The molecule has 0 atom stereocenters. The molecule has 0 fully saturated rings. The summed E-state index contributed by atoms with van der Waals surface area (Å²) in [6.45, 7) is 0.273. The van der Waals surface area contributed by atoms with Gasteiger partial charge >= 0.3 is 6.18 Å². The number of nitrogens with one attached hydrogen (secondary N) is 1. The second kappa shape index (κ2) is 5.92. The van der Waals surface area contributed by atoms with E-state index in [1.807, 2.05) is 0 Å². The number of nitro benzene ring substituents is 1. The predicted octanol–water partition coefficient (Wildman–Crippen LogP) is 3.81. The molecular weight excluding hydrogens is 299 g/mol. The first-order valence-electron chi connectivity index (χ1n) is 6.21. The Balaban J connectivity index is 2.04. The fraction of sp³-hybridized carbons (Fsp3) is 0.143. The van der Waals surface area contributed by atoms with Crippen LogP contribution >= 0.6 is 0 Å². The molecule has 0 radical (unpaired) electrons. The molecule has 0 aliphatic carbocycles. The summed E-state index contributed by atoms with van der Waals surface area (Å²) >= 11 is 0. The number of nitrogens with two attached hydrogens (primary N) is 1. The Morgan fingerprint density at radius 1 is 1.14 bits per heavy atom. The lowest BCUT2D eigenvalue weighted by molar-refractivity contribution is -0.383. The van der Waals surface area contributed by atoms with Gasteiger partial charge in [0.05, 0.1) is 10.5 Å². The number of anilines is 2. The zero-order valence-electron chi connectivity index (χ0n) is 11.2. The molecule has 0 saturated carbocycles. The number of nitrogens with zero attached hydrogens (tertiary/aromatic N) is 1. The third-order valence-electron chi connectivity index (χ3n) is 3.00. The number of nitrogen functional groups attached to an aromatic ring is 1. The average molecular weight is 311 g/mol. The van der Waals surface area contributed by atoms with E-state index in [0.717, 1.165) is 12.1 Å². The van der Waals surface area contributed by atoms with Crippen molar-refractivity contribution < 1.29 is 18.1 Å². The van der Waals surface area contributed by atoms with Gasteiger partial charge in [0.2, 0.25) is 0 Å². The van der Waals surface area contributed by atoms with E-state index in [1.165, 1.54) is 30.3 Å². The predicted molar refractivity (Wildman–Crippen MR) is 76.3 cm³/mol. The van der Waals surface area contributed by atoms with E-state index in [9.17, 15) is 23.3 Å². The molecule has 22 heavy (non-hydrogen) atoms. The number of nitro groups is 1. The van der Waals surface area contributed by atoms with Crippen LogP contribution in [-0.2, 0) is 12.7 Å². The monoisotopic (exact) mass is 311 g/mol. The highest BCUT2D eigenvalue weighted by Crippen LogP contribution is 2.29. The Bertz CT molecular complexity index is 685. The van der Waals surface area contributed by atoms with Crippen LogP contribution in [0.5, 0.6) is 0 Å². The van der Waals surface area contributed by atoms with E-state index < -0.39 is 16.7 Å². The highest BCUT2D eigenvalue weighted by molar-refractivity contribution is 5.65. The van der Waals surface area contributed by atoms with Crippen molar-refractivity contribution in [2.24, 2.45) is 0 Å². The molecule has 5 nitrogen and oxygen atoms in total. The molecule has 0 spiro atoms. The molecule has 0 amide bonds. The van der Waals surface area contributed by atoms with Crippen LogP contribution in [-0.4, -0.2) is 4.92 Å². The number of hydrogen-bond acceptors (Lipinski definition) is 4. The maximum Gasteiger partial charge on any atom is 0.416 e. The summed E-state index contributed by atoms with van der Waals surface area (Å²) in [6, 6.07) is 8.89. The normalized spacial score (nSPS) is 11.2. The van der Waals surface area contributed by atoms with E-state index in [4.69, 9.17) is 5.73 Å². The molecule has 0 saturated heterocycles. The molecule has 0 aliphatic rings. The Hall–Kier alpha value is -2.77. The molecule has 8 heteroatoms. The molecule has 0 aliphatic heterocycles. The summed E-state index contributed by atoms with van der Waals surface area (Å²) in [5.41, 5.74) is 5.85. The van der Waals surface area contributed by atoms with Gasteiger partial charge in [-0.15, -0.1) is 0 Å². The zero-order chi connectivity index (χ0) is 16.3. The number of halogens is 3. The number of rotatable bonds is 4. The van der Waals surface area contributed by atoms with Gasteiger partial charge in [-0.05, 0) is 29.8 Å². The first kappa shape index (κ1) is 15.6. The molecule has 0 aromatic heterocycles. The van der Waals surface area contributed by atoms with Gasteiger partial charge in [0.15, 0.2) is 0 Å². The first-order chi connectivity index (χ1) is 10.3. The van der Waals surface area contributed by atoms with Crippen molar-refractivity contribution in [2.45, 2.75) is 12.7 Å². The average Bonchev–Trinajstić information content (AvgIpc) is 2.44. The number of benzene rings is 2. The van der Waals surface area contributed by atoms with E-state index in [1.54, 1.807) is 0 Å². The van der Waals surface area contributed by atoms with Crippen molar-refractivity contribution in [2.75, 3.05) is 11.1 Å². The number of hydrogen-bond donors (Lipinski definition) is 2. The van der Waals surface area contributed by atoms with Gasteiger partial charge in [-0.1, -0.05) is 12.1 Å². The topological polar surface area (TPSA) is 81.2 Å². The Kier molecular flexibility index (Phi) is 4.20. The summed E-state index contributed by atoms with van der Waals surface area (Å²) in [5, 5.41) is 13.6. The van der Waals surface area contributed by atoms with Gasteiger partial charge in [0, 0.05) is 18.3 Å². The summed E-state index contributed by atoms with van der Waals surface area (Å²) in [4.78, 5) is 10.1. The van der Waals surface area contributed by atoms with Crippen LogP contribution in [0.1, 0.15) is 11.1 Å². The summed E-state index contributed by atoms with van der Waals surface area (Å²) in [7, 11) is 0. The third-order valence-corrected chi connectivity index (χ3v) is 3.00. The highest BCUT2D eigenvalue weighted by atomic mass is 19.4. The van der Waals surface area contributed by atoms with Crippen molar-refractivity contribution >= 4 is 17.1 Å². The van der Waals surface area contributed by atoms with E-state index in [0.29, 0.717) is 11.3 Å². The van der Waals surface area contributed by atoms with Crippen LogP contribution in [0.15, 0.2) is 42.5 Å². The maximum atomic E-state index is 12.4. The molecular formula is C14H12F3N3O2. The maximum absolute atomic E-state index is 12.4. The van der Waals surface area contributed by atoms with Gasteiger partial charge in [-0.25, -0.2) is 0 Å². The van der Waals surface area contributed by atoms with Crippen molar-refractivity contribution in [3.05, 3.63) is 63.7 Å². The minimum absolute atomic E-state index is 0.0161. The fourth-order valence-electron chi connectivity index (χ4n) is 1.85.